The van der Waals surface area contributed by atoms with Gasteiger partial charge in [0.05, 0.1) is 17.8 Å². The Balaban J connectivity index is 1.94. The van der Waals surface area contributed by atoms with Crippen molar-refractivity contribution in [3.05, 3.63) is 65.6 Å². The maximum atomic E-state index is 13.3. The smallest absolute Gasteiger partial charge is 0.309 e. The molecule has 3 aromatic rings. The number of carboxylic acids is 1. The molecule has 0 radical (unpaired) electrons. The van der Waals surface area contributed by atoms with E-state index in [1.165, 1.54) is 16.9 Å². The van der Waals surface area contributed by atoms with Gasteiger partial charge < -0.3 is 10.4 Å². The number of carbonyl (C=O) groups is 1. The Hall–Kier alpha value is -3.29. The lowest BCUT2D eigenvalue weighted by molar-refractivity contribution is -0.136. The van der Waals surface area contributed by atoms with E-state index < -0.39 is 17.6 Å². The number of aromatic nitrogens is 3. The van der Waals surface area contributed by atoms with Gasteiger partial charge in [-0.2, -0.15) is 5.10 Å². The number of hydrogen-bond donors (Lipinski definition) is 2. The first-order valence-electron chi connectivity index (χ1n) is 7.38. The van der Waals surface area contributed by atoms with E-state index in [-0.39, 0.29) is 6.42 Å². The third-order valence-electron chi connectivity index (χ3n) is 3.43. The van der Waals surface area contributed by atoms with Gasteiger partial charge in [-0.3, -0.25) is 4.79 Å². The Morgan fingerprint density at radius 3 is 2.72 bits per heavy atom. The maximum absolute atomic E-state index is 13.3. The van der Waals surface area contributed by atoms with Crippen LogP contribution in [0, 0.1) is 18.6 Å². The van der Waals surface area contributed by atoms with E-state index in [1.54, 1.807) is 25.1 Å². The van der Waals surface area contributed by atoms with E-state index in [0.717, 1.165) is 12.1 Å². The minimum atomic E-state index is -0.965. The summed E-state index contributed by atoms with van der Waals surface area (Å²) in [5.41, 5.74) is 2.12. The first kappa shape index (κ1) is 16.6. The molecule has 0 atom stereocenters. The van der Waals surface area contributed by atoms with Gasteiger partial charge in [0.25, 0.3) is 0 Å². The maximum Gasteiger partial charge on any atom is 0.309 e. The number of aliphatic carboxylic acids is 1. The van der Waals surface area contributed by atoms with Gasteiger partial charge >= 0.3 is 5.97 Å². The van der Waals surface area contributed by atoms with E-state index in [2.05, 4.69) is 15.4 Å². The van der Waals surface area contributed by atoms with E-state index in [4.69, 9.17) is 5.11 Å². The number of aryl methyl sites for hydroxylation is 1. The normalized spacial score (nSPS) is 10.7. The SMILES string of the molecule is Cc1cc(-n2nccc2CC(=O)O)cc(Nc2ccc(F)c(F)c2)n1. The van der Waals surface area contributed by atoms with Crippen LogP contribution in [0.4, 0.5) is 20.3 Å². The fourth-order valence-corrected chi connectivity index (χ4v) is 2.41. The molecule has 0 unspecified atom stereocenters. The molecule has 8 heteroatoms. The van der Waals surface area contributed by atoms with Crippen LogP contribution in [0.3, 0.4) is 0 Å². The zero-order valence-corrected chi connectivity index (χ0v) is 13.2. The molecule has 2 heterocycles. The second-order valence-corrected chi connectivity index (χ2v) is 5.41. The molecule has 25 heavy (non-hydrogen) atoms. The molecule has 0 bridgehead atoms. The lowest BCUT2D eigenvalue weighted by atomic mass is 10.2. The minimum Gasteiger partial charge on any atom is -0.481 e. The Bertz CT molecular complexity index is 940. The van der Waals surface area contributed by atoms with Crippen molar-refractivity contribution >= 4 is 17.5 Å². The zero-order chi connectivity index (χ0) is 18.0. The van der Waals surface area contributed by atoms with E-state index in [0.29, 0.717) is 28.6 Å². The summed E-state index contributed by atoms with van der Waals surface area (Å²) in [6, 6.07) is 8.45. The van der Waals surface area contributed by atoms with Crippen LogP contribution in [0.5, 0.6) is 0 Å². The highest BCUT2D eigenvalue weighted by atomic mass is 19.2. The highest BCUT2D eigenvalue weighted by Gasteiger charge is 2.11. The van der Waals surface area contributed by atoms with Crippen molar-refractivity contribution in [2.75, 3.05) is 5.32 Å². The largest absolute Gasteiger partial charge is 0.481 e. The summed E-state index contributed by atoms with van der Waals surface area (Å²) in [7, 11) is 0. The van der Waals surface area contributed by atoms with Crippen LogP contribution >= 0.6 is 0 Å². The molecule has 0 amide bonds. The summed E-state index contributed by atoms with van der Waals surface area (Å²) in [6.07, 6.45) is 1.34. The second-order valence-electron chi connectivity index (χ2n) is 5.41. The molecule has 0 aliphatic rings. The third kappa shape index (κ3) is 3.79. The predicted octanol–water partition coefficient (Wildman–Crippen LogP) is 3.22. The number of benzene rings is 1. The molecule has 0 saturated heterocycles. The molecule has 0 saturated carbocycles. The third-order valence-corrected chi connectivity index (χ3v) is 3.43. The van der Waals surface area contributed by atoms with Gasteiger partial charge in [-0.25, -0.2) is 18.4 Å². The Kier molecular flexibility index (Phi) is 4.42. The number of rotatable bonds is 5. The number of carboxylic acid groups (broad SMARTS) is 1. The molecule has 2 aromatic heterocycles. The molecular weight excluding hydrogens is 330 g/mol. The molecule has 2 N–H and O–H groups in total. The minimum absolute atomic E-state index is 0.173. The standard InChI is InChI=1S/C17H14F2N4O2/c1-10-6-13(23-12(4-5-20-23)9-17(24)25)8-16(21-10)22-11-2-3-14(18)15(19)7-11/h2-8H,9H2,1H3,(H,21,22)(H,24,25). The van der Waals surface area contributed by atoms with Crippen LogP contribution in [0.2, 0.25) is 0 Å². The summed E-state index contributed by atoms with van der Waals surface area (Å²) in [4.78, 5) is 15.2. The number of halogens is 2. The number of hydrogen-bond acceptors (Lipinski definition) is 4. The Labute approximate surface area is 141 Å². The van der Waals surface area contributed by atoms with Gasteiger partial charge in [-0.1, -0.05) is 0 Å². The van der Waals surface area contributed by atoms with Gasteiger partial charge in [0.1, 0.15) is 5.82 Å². The summed E-state index contributed by atoms with van der Waals surface area (Å²) in [5, 5.41) is 16.0. The first-order chi connectivity index (χ1) is 11.9. The van der Waals surface area contributed by atoms with Gasteiger partial charge in [0.15, 0.2) is 11.6 Å². The molecule has 0 fully saturated rings. The van der Waals surface area contributed by atoms with Crippen molar-refractivity contribution in [2.45, 2.75) is 13.3 Å². The summed E-state index contributed by atoms with van der Waals surface area (Å²) in [5.74, 6) is -2.46. The summed E-state index contributed by atoms with van der Waals surface area (Å²) >= 11 is 0. The van der Waals surface area contributed by atoms with E-state index >= 15 is 0 Å². The number of anilines is 2. The monoisotopic (exact) mass is 344 g/mol. The fraction of sp³-hybridized carbons (Fsp3) is 0.118. The van der Waals surface area contributed by atoms with Gasteiger partial charge in [-0.05, 0) is 31.2 Å². The lowest BCUT2D eigenvalue weighted by Gasteiger charge is -2.11. The van der Waals surface area contributed by atoms with Crippen molar-refractivity contribution in [3.63, 3.8) is 0 Å². The van der Waals surface area contributed by atoms with Crippen molar-refractivity contribution in [1.29, 1.82) is 0 Å². The lowest BCUT2D eigenvalue weighted by Crippen LogP contribution is -2.09. The molecule has 6 nitrogen and oxygen atoms in total. The Morgan fingerprint density at radius 1 is 1.20 bits per heavy atom. The van der Waals surface area contributed by atoms with Crippen molar-refractivity contribution in [3.8, 4) is 5.69 Å². The average molecular weight is 344 g/mol. The molecule has 0 spiro atoms. The second kappa shape index (κ2) is 6.68. The van der Waals surface area contributed by atoms with Crippen LogP contribution in [0.15, 0.2) is 42.6 Å². The summed E-state index contributed by atoms with van der Waals surface area (Å²) < 4.78 is 27.9. The highest BCUT2D eigenvalue weighted by molar-refractivity contribution is 5.70. The molecule has 128 valence electrons. The van der Waals surface area contributed by atoms with Crippen molar-refractivity contribution in [2.24, 2.45) is 0 Å². The molecule has 0 aliphatic heterocycles. The van der Waals surface area contributed by atoms with E-state index in [9.17, 15) is 13.6 Å². The quantitative estimate of drug-likeness (QED) is 0.743. The highest BCUT2D eigenvalue weighted by Crippen LogP contribution is 2.21. The fourth-order valence-electron chi connectivity index (χ4n) is 2.41. The topological polar surface area (TPSA) is 80.0 Å². The van der Waals surface area contributed by atoms with Crippen molar-refractivity contribution in [1.82, 2.24) is 14.8 Å². The molecular formula is C17H14F2N4O2. The van der Waals surface area contributed by atoms with Gasteiger partial charge in [0.2, 0.25) is 0 Å². The van der Waals surface area contributed by atoms with Crippen molar-refractivity contribution < 1.29 is 18.7 Å². The van der Waals surface area contributed by atoms with Crippen LogP contribution < -0.4 is 5.32 Å². The summed E-state index contributed by atoms with van der Waals surface area (Å²) in [6.45, 7) is 1.76. The number of nitrogens with zero attached hydrogens (tertiary/aromatic N) is 3. The number of nitrogens with one attached hydrogen (secondary N) is 1. The molecule has 1 aromatic carbocycles. The van der Waals surface area contributed by atoms with Gasteiger partial charge in [0, 0.05) is 29.7 Å². The van der Waals surface area contributed by atoms with Crippen LogP contribution in [-0.4, -0.2) is 25.8 Å². The Morgan fingerprint density at radius 2 is 2.00 bits per heavy atom. The number of pyridine rings is 1. The van der Waals surface area contributed by atoms with Crippen LogP contribution in [0.1, 0.15) is 11.4 Å². The van der Waals surface area contributed by atoms with Crippen LogP contribution in [0.25, 0.3) is 5.69 Å². The van der Waals surface area contributed by atoms with Gasteiger partial charge in [-0.15, -0.1) is 0 Å². The average Bonchev–Trinajstić information content (AvgIpc) is 2.98. The molecule has 3 rings (SSSR count). The zero-order valence-electron chi connectivity index (χ0n) is 13.2. The predicted molar refractivity (Wildman–Crippen MR) is 87.1 cm³/mol. The molecule has 0 aliphatic carbocycles. The van der Waals surface area contributed by atoms with E-state index in [1.807, 2.05) is 0 Å². The van der Waals surface area contributed by atoms with Crippen LogP contribution in [-0.2, 0) is 11.2 Å². The first-order valence-corrected chi connectivity index (χ1v) is 7.38.